The summed E-state index contributed by atoms with van der Waals surface area (Å²) in [5.41, 5.74) is 2.05. The lowest BCUT2D eigenvalue weighted by Crippen LogP contribution is -2.12. The number of benzene rings is 3. The average molecular weight is 448 g/mol. The lowest BCUT2D eigenvalue weighted by molar-refractivity contribution is 0.102. The highest BCUT2D eigenvalue weighted by Crippen LogP contribution is 2.30. The van der Waals surface area contributed by atoms with Crippen LogP contribution in [0.2, 0.25) is 10.0 Å². The standard InChI is InChI=1S/C22H19Cl2NO3S/c1-27-20-9-3-14(11-15(20)13-29-18-7-4-16(23)5-8-18)22(26)25-17-6-10-21(28-2)19(24)12-17/h3-12H,13H2,1-2H3,(H,25,26). The fraction of sp³-hybridized carbons (Fsp3) is 0.136. The summed E-state index contributed by atoms with van der Waals surface area (Å²) in [6, 6.07) is 18.1. The van der Waals surface area contributed by atoms with Crippen molar-refractivity contribution in [2.24, 2.45) is 0 Å². The van der Waals surface area contributed by atoms with Gasteiger partial charge in [0.1, 0.15) is 11.5 Å². The van der Waals surface area contributed by atoms with Crippen molar-refractivity contribution in [1.82, 2.24) is 0 Å². The Kier molecular flexibility index (Phi) is 7.31. The molecule has 0 saturated heterocycles. The van der Waals surface area contributed by atoms with Gasteiger partial charge >= 0.3 is 0 Å². The molecule has 0 saturated carbocycles. The Morgan fingerprint density at radius 2 is 1.62 bits per heavy atom. The Morgan fingerprint density at radius 3 is 2.28 bits per heavy atom. The SMILES string of the molecule is COc1ccc(NC(=O)c2ccc(OC)c(CSc3ccc(Cl)cc3)c2)cc1Cl. The minimum atomic E-state index is -0.230. The van der Waals surface area contributed by atoms with Crippen molar-refractivity contribution in [1.29, 1.82) is 0 Å². The lowest BCUT2D eigenvalue weighted by Gasteiger charge is -2.12. The highest BCUT2D eigenvalue weighted by atomic mass is 35.5. The number of thioether (sulfide) groups is 1. The topological polar surface area (TPSA) is 47.6 Å². The Hall–Kier alpha value is -2.34. The van der Waals surface area contributed by atoms with E-state index in [1.54, 1.807) is 56.3 Å². The van der Waals surface area contributed by atoms with Crippen LogP contribution in [0.3, 0.4) is 0 Å². The third-order valence-electron chi connectivity index (χ3n) is 4.16. The van der Waals surface area contributed by atoms with E-state index in [0.717, 1.165) is 16.2 Å². The van der Waals surface area contributed by atoms with Gasteiger partial charge in [0.05, 0.1) is 19.2 Å². The van der Waals surface area contributed by atoms with E-state index in [9.17, 15) is 4.79 Å². The van der Waals surface area contributed by atoms with Crippen molar-refractivity contribution in [3.63, 3.8) is 0 Å². The summed E-state index contributed by atoms with van der Waals surface area (Å²) in [6.07, 6.45) is 0. The van der Waals surface area contributed by atoms with E-state index in [1.165, 1.54) is 0 Å². The molecule has 0 aromatic heterocycles. The molecule has 0 aliphatic rings. The molecule has 0 heterocycles. The molecule has 0 aliphatic carbocycles. The number of hydrogen-bond donors (Lipinski definition) is 1. The van der Waals surface area contributed by atoms with Gasteiger partial charge in [0.25, 0.3) is 5.91 Å². The fourth-order valence-electron chi connectivity index (χ4n) is 2.67. The van der Waals surface area contributed by atoms with Crippen molar-refractivity contribution in [2.45, 2.75) is 10.6 Å². The number of anilines is 1. The zero-order chi connectivity index (χ0) is 20.8. The van der Waals surface area contributed by atoms with E-state index in [4.69, 9.17) is 32.7 Å². The smallest absolute Gasteiger partial charge is 0.255 e. The predicted molar refractivity (Wildman–Crippen MR) is 120 cm³/mol. The number of halogens is 2. The van der Waals surface area contributed by atoms with Gasteiger partial charge in [0.2, 0.25) is 0 Å². The second-order valence-electron chi connectivity index (χ2n) is 6.07. The maximum atomic E-state index is 12.7. The van der Waals surface area contributed by atoms with Crippen molar-refractivity contribution in [3.05, 3.63) is 81.8 Å². The van der Waals surface area contributed by atoms with E-state index in [0.29, 0.717) is 32.8 Å². The van der Waals surface area contributed by atoms with Gasteiger partial charge in [-0.1, -0.05) is 23.2 Å². The van der Waals surface area contributed by atoms with Crippen molar-refractivity contribution in [3.8, 4) is 11.5 Å². The molecule has 0 atom stereocenters. The minimum Gasteiger partial charge on any atom is -0.496 e. The molecule has 0 unspecified atom stereocenters. The molecule has 29 heavy (non-hydrogen) atoms. The molecule has 150 valence electrons. The molecule has 1 N–H and O–H groups in total. The zero-order valence-electron chi connectivity index (χ0n) is 15.9. The lowest BCUT2D eigenvalue weighted by atomic mass is 10.1. The van der Waals surface area contributed by atoms with Gasteiger partial charge in [-0.2, -0.15) is 0 Å². The summed E-state index contributed by atoms with van der Waals surface area (Å²) in [7, 11) is 3.16. The summed E-state index contributed by atoms with van der Waals surface area (Å²) in [5, 5.41) is 3.98. The molecule has 1 amide bonds. The van der Waals surface area contributed by atoms with Crippen LogP contribution >= 0.6 is 35.0 Å². The number of hydrogen-bond acceptors (Lipinski definition) is 4. The molecule has 7 heteroatoms. The average Bonchev–Trinajstić information content (AvgIpc) is 2.73. The van der Waals surface area contributed by atoms with E-state index in [2.05, 4.69) is 5.32 Å². The van der Waals surface area contributed by atoms with Gasteiger partial charge in [-0.3, -0.25) is 4.79 Å². The molecule has 0 spiro atoms. The van der Waals surface area contributed by atoms with Crippen LogP contribution in [0.15, 0.2) is 65.6 Å². The van der Waals surface area contributed by atoms with Crippen molar-refractivity contribution < 1.29 is 14.3 Å². The van der Waals surface area contributed by atoms with Gasteiger partial charge in [-0.15, -0.1) is 11.8 Å². The predicted octanol–water partition coefficient (Wildman–Crippen LogP) is 6.56. The van der Waals surface area contributed by atoms with Crippen LogP contribution in [0.4, 0.5) is 5.69 Å². The van der Waals surface area contributed by atoms with Crippen LogP contribution in [0.5, 0.6) is 11.5 Å². The molecule has 0 radical (unpaired) electrons. The van der Waals surface area contributed by atoms with Crippen LogP contribution in [0, 0.1) is 0 Å². The molecule has 3 aromatic carbocycles. The van der Waals surface area contributed by atoms with Crippen LogP contribution < -0.4 is 14.8 Å². The highest BCUT2D eigenvalue weighted by Gasteiger charge is 2.12. The maximum Gasteiger partial charge on any atom is 0.255 e. The summed E-state index contributed by atoms with van der Waals surface area (Å²) in [5.74, 6) is 1.71. The summed E-state index contributed by atoms with van der Waals surface area (Å²) in [4.78, 5) is 13.8. The first-order valence-corrected chi connectivity index (χ1v) is 10.4. The van der Waals surface area contributed by atoms with E-state index >= 15 is 0 Å². The quantitative estimate of drug-likeness (QED) is 0.416. The molecule has 0 bridgehead atoms. The number of carbonyl (C=O) groups excluding carboxylic acids is 1. The molecular formula is C22H19Cl2NO3S. The van der Waals surface area contributed by atoms with Gasteiger partial charge in [-0.05, 0) is 60.7 Å². The molecule has 4 nitrogen and oxygen atoms in total. The maximum absolute atomic E-state index is 12.7. The van der Waals surface area contributed by atoms with E-state index < -0.39 is 0 Å². The van der Waals surface area contributed by atoms with E-state index in [1.807, 2.05) is 30.3 Å². The van der Waals surface area contributed by atoms with Gasteiger partial charge < -0.3 is 14.8 Å². The number of nitrogens with one attached hydrogen (secondary N) is 1. The summed E-state index contributed by atoms with van der Waals surface area (Å²) in [6.45, 7) is 0. The third kappa shape index (κ3) is 5.60. The zero-order valence-corrected chi connectivity index (χ0v) is 18.2. The normalized spacial score (nSPS) is 10.5. The Bertz CT molecular complexity index is 1010. The Morgan fingerprint density at radius 1 is 0.931 bits per heavy atom. The molecule has 3 aromatic rings. The van der Waals surface area contributed by atoms with Gasteiger partial charge in [0, 0.05) is 32.5 Å². The highest BCUT2D eigenvalue weighted by molar-refractivity contribution is 7.98. The number of ether oxygens (including phenoxy) is 2. The van der Waals surface area contributed by atoms with Crippen LogP contribution in [-0.4, -0.2) is 20.1 Å². The third-order valence-corrected chi connectivity index (χ3v) is 5.77. The van der Waals surface area contributed by atoms with Gasteiger partial charge in [-0.25, -0.2) is 0 Å². The molecule has 0 fully saturated rings. The number of rotatable bonds is 7. The molecule has 0 aliphatic heterocycles. The summed E-state index contributed by atoms with van der Waals surface area (Å²) < 4.78 is 10.6. The Balaban J connectivity index is 1.75. The van der Waals surface area contributed by atoms with Crippen LogP contribution in [0.25, 0.3) is 0 Å². The number of amides is 1. The minimum absolute atomic E-state index is 0.230. The van der Waals surface area contributed by atoms with E-state index in [-0.39, 0.29) is 5.91 Å². The van der Waals surface area contributed by atoms with Crippen LogP contribution in [0.1, 0.15) is 15.9 Å². The second kappa shape index (κ2) is 9.92. The van der Waals surface area contributed by atoms with Crippen molar-refractivity contribution >= 4 is 46.6 Å². The Labute approximate surface area is 184 Å². The second-order valence-corrected chi connectivity index (χ2v) is 7.97. The first kappa shape index (κ1) is 21.4. The fourth-order valence-corrected chi connectivity index (χ4v) is 3.93. The summed E-state index contributed by atoms with van der Waals surface area (Å²) >= 11 is 13.7. The van der Waals surface area contributed by atoms with Crippen LogP contribution in [-0.2, 0) is 5.75 Å². The number of carbonyl (C=O) groups is 1. The molecular weight excluding hydrogens is 429 g/mol. The molecule has 3 rings (SSSR count). The first-order valence-electron chi connectivity index (χ1n) is 8.70. The van der Waals surface area contributed by atoms with Crippen molar-refractivity contribution in [2.75, 3.05) is 19.5 Å². The monoisotopic (exact) mass is 447 g/mol. The number of methoxy groups -OCH3 is 2. The first-order chi connectivity index (χ1) is 14.0. The van der Waals surface area contributed by atoms with Gasteiger partial charge in [0.15, 0.2) is 0 Å². The largest absolute Gasteiger partial charge is 0.496 e.